The standard InChI is InChI=1S/C28H26F5N7O3/c1-25(2,24(42)43)13-14-6-4-7-15(12-14)26(3)17-19(34)36-21(37-20(17)38-23(26)41)18-16-8-5-10-35-22(16)40(39-18)11-9-27(29,30)28(31,32)33/h4-8,10,12H,9,11,13H2,1-3H3,(H,42,43)(H3,34,36,37,38,41)/t26-/m1/s1. The zero-order valence-corrected chi connectivity index (χ0v) is 23.1. The largest absolute Gasteiger partial charge is 0.481 e. The summed E-state index contributed by atoms with van der Waals surface area (Å²) in [7, 11) is 0. The SMILES string of the molecule is CC(C)(Cc1cccc([C@@]2(C)C(=O)Nc3nc(-c4nn(CCC(F)(F)C(F)(F)F)c5ncccc45)nc(N)c32)c1)C(=O)O. The number of nitrogens with one attached hydrogen (secondary N) is 1. The van der Waals surface area contributed by atoms with Crippen molar-refractivity contribution in [1.82, 2.24) is 24.7 Å². The monoisotopic (exact) mass is 603 g/mol. The van der Waals surface area contributed by atoms with Crippen molar-refractivity contribution >= 4 is 34.5 Å². The predicted molar refractivity (Wildman–Crippen MR) is 145 cm³/mol. The van der Waals surface area contributed by atoms with E-state index in [1.807, 2.05) is 0 Å². The Morgan fingerprint density at radius 2 is 1.84 bits per heavy atom. The van der Waals surface area contributed by atoms with Crippen molar-refractivity contribution in [3.05, 3.63) is 59.3 Å². The number of nitrogens with two attached hydrogens (primary N) is 1. The fraction of sp³-hybridized carbons (Fsp3) is 0.357. The maximum absolute atomic E-state index is 13.6. The number of nitrogen functional groups attached to an aromatic ring is 1. The number of nitrogens with zero attached hydrogens (tertiary/aromatic N) is 5. The zero-order valence-electron chi connectivity index (χ0n) is 23.1. The first-order valence-corrected chi connectivity index (χ1v) is 13.0. The topological polar surface area (TPSA) is 149 Å². The number of carboxylic acid groups (broad SMARTS) is 1. The number of benzene rings is 1. The molecule has 1 atom stereocenters. The average molecular weight is 604 g/mol. The van der Waals surface area contributed by atoms with Gasteiger partial charge in [-0.1, -0.05) is 24.3 Å². The van der Waals surface area contributed by atoms with Crippen LogP contribution in [-0.4, -0.2) is 53.8 Å². The molecular formula is C28H26F5N7O3. The molecule has 15 heteroatoms. The number of pyridine rings is 1. The molecule has 1 aromatic carbocycles. The van der Waals surface area contributed by atoms with Crippen LogP contribution in [0.25, 0.3) is 22.6 Å². The van der Waals surface area contributed by atoms with Gasteiger partial charge in [-0.05, 0) is 50.5 Å². The van der Waals surface area contributed by atoms with Gasteiger partial charge in [0.2, 0.25) is 5.91 Å². The Bertz CT molecular complexity index is 1770. The number of fused-ring (bicyclic) bond motifs is 2. The molecule has 3 aromatic heterocycles. The Morgan fingerprint density at radius 1 is 1.12 bits per heavy atom. The number of halogens is 5. The molecule has 1 aliphatic heterocycles. The van der Waals surface area contributed by atoms with Gasteiger partial charge < -0.3 is 16.2 Å². The van der Waals surface area contributed by atoms with Crippen LogP contribution < -0.4 is 11.1 Å². The number of alkyl halides is 5. The van der Waals surface area contributed by atoms with Crippen LogP contribution in [0.5, 0.6) is 0 Å². The number of carbonyl (C=O) groups is 2. The Labute approximate surface area is 241 Å². The van der Waals surface area contributed by atoms with E-state index >= 15 is 0 Å². The molecule has 0 saturated heterocycles. The normalized spacial score (nSPS) is 17.3. The number of carbonyl (C=O) groups excluding carboxylic acids is 1. The highest BCUT2D eigenvalue weighted by Gasteiger charge is 2.57. The van der Waals surface area contributed by atoms with Gasteiger partial charge in [-0.25, -0.2) is 19.6 Å². The van der Waals surface area contributed by atoms with Crippen molar-refractivity contribution in [2.45, 2.75) is 57.7 Å². The average Bonchev–Trinajstić information content (AvgIpc) is 3.42. The second-order valence-corrected chi connectivity index (χ2v) is 11.2. The van der Waals surface area contributed by atoms with Crippen LogP contribution in [0, 0.1) is 5.41 Å². The van der Waals surface area contributed by atoms with Crippen LogP contribution in [0.15, 0.2) is 42.6 Å². The van der Waals surface area contributed by atoms with Crippen LogP contribution >= 0.6 is 0 Å². The molecule has 4 N–H and O–H groups in total. The molecule has 1 amide bonds. The Hall–Kier alpha value is -4.69. The Balaban J connectivity index is 1.55. The third kappa shape index (κ3) is 5.02. The van der Waals surface area contributed by atoms with Gasteiger partial charge in [0.25, 0.3) is 0 Å². The Kier molecular flexibility index (Phi) is 6.89. The molecule has 226 valence electrons. The van der Waals surface area contributed by atoms with Crippen LogP contribution in [0.1, 0.15) is 43.9 Å². The van der Waals surface area contributed by atoms with E-state index in [1.165, 1.54) is 18.3 Å². The lowest BCUT2D eigenvalue weighted by Crippen LogP contribution is -2.37. The van der Waals surface area contributed by atoms with E-state index in [-0.39, 0.29) is 46.2 Å². The summed E-state index contributed by atoms with van der Waals surface area (Å²) in [6.45, 7) is 4.02. The van der Waals surface area contributed by atoms with Crippen LogP contribution in [0.3, 0.4) is 0 Å². The zero-order chi connectivity index (χ0) is 31.5. The summed E-state index contributed by atoms with van der Waals surface area (Å²) < 4.78 is 66.5. The Morgan fingerprint density at radius 3 is 2.51 bits per heavy atom. The first kappa shape index (κ1) is 29.8. The predicted octanol–water partition coefficient (Wildman–Crippen LogP) is 4.97. The summed E-state index contributed by atoms with van der Waals surface area (Å²) in [5, 5.41) is 16.7. The van der Waals surface area contributed by atoms with Crippen molar-refractivity contribution in [2.24, 2.45) is 5.41 Å². The first-order valence-electron chi connectivity index (χ1n) is 13.0. The summed E-state index contributed by atoms with van der Waals surface area (Å²) in [4.78, 5) is 37.9. The van der Waals surface area contributed by atoms with E-state index in [4.69, 9.17) is 5.73 Å². The number of aliphatic carboxylic acids is 1. The quantitative estimate of drug-likeness (QED) is 0.239. The van der Waals surface area contributed by atoms with E-state index in [2.05, 4.69) is 25.4 Å². The van der Waals surface area contributed by atoms with Gasteiger partial charge in [0, 0.05) is 19.2 Å². The molecule has 0 spiro atoms. The van der Waals surface area contributed by atoms with Gasteiger partial charge in [-0.3, -0.25) is 9.59 Å². The van der Waals surface area contributed by atoms with Gasteiger partial charge in [0.15, 0.2) is 11.5 Å². The molecular weight excluding hydrogens is 577 g/mol. The number of hydrogen-bond donors (Lipinski definition) is 3. The molecule has 0 fully saturated rings. The lowest BCUT2D eigenvalue weighted by molar-refractivity contribution is -0.285. The van der Waals surface area contributed by atoms with Gasteiger partial charge in [0.05, 0.1) is 16.4 Å². The molecule has 0 unspecified atom stereocenters. The smallest absolute Gasteiger partial charge is 0.453 e. The van der Waals surface area contributed by atoms with Crippen molar-refractivity contribution in [3.63, 3.8) is 0 Å². The molecule has 10 nitrogen and oxygen atoms in total. The van der Waals surface area contributed by atoms with Gasteiger partial charge in [-0.15, -0.1) is 0 Å². The van der Waals surface area contributed by atoms with E-state index in [9.17, 15) is 36.6 Å². The molecule has 0 bridgehead atoms. The molecule has 43 heavy (non-hydrogen) atoms. The van der Waals surface area contributed by atoms with Crippen molar-refractivity contribution < 1.29 is 36.6 Å². The lowest BCUT2D eigenvalue weighted by Gasteiger charge is -2.25. The van der Waals surface area contributed by atoms with Crippen molar-refractivity contribution in [2.75, 3.05) is 11.1 Å². The number of hydrogen-bond acceptors (Lipinski definition) is 7. The van der Waals surface area contributed by atoms with Gasteiger partial charge in [-0.2, -0.15) is 27.1 Å². The number of anilines is 2. The number of carboxylic acids is 1. The highest BCUT2D eigenvalue weighted by Crippen LogP contribution is 2.46. The van der Waals surface area contributed by atoms with Gasteiger partial charge >= 0.3 is 18.1 Å². The summed E-state index contributed by atoms with van der Waals surface area (Å²) in [5.74, 6) is -6.51. The number of amides is 1. The van der Waals surface area contributed by atoms with Crippen molar-refractivity contribution in [1.29, 1.82) is 0 Å². The van der Waals surface area contributed by atoms with E-state index < -0.39 is 47.8 Å². The van der Waals surface area contributed by atoms with E-state index in [0.717, 1.165) is 4.68 Å². The minimum Gasteiger partial charge on any atom is -0.481 e. The number of aromatic nitrogens is 5. The maximum atomic E-state index is 13.6. The van der Waals surface area contributed by atoms with E-state index in [1.54, 1.807) is 45.0 Å². The second-order valence-electron chi connectivity index (χ2n) is 11.2. The van der Waals surface area contributed by atoms with Crippen LogP contribution in [0.4, 0.5) is 33.6 Å². The summed E-state index contributed by atoms with van der Waals surface area (Å²) in [6, 6.07) is 9.95. The third-order valence-corrected chi connectivity index (χ3v) is 7.62. The highest BCUT2D eigenvalue weighted by atomic mass is 19.4. The molecule has 0 aliphatic carbocycles. The summed E-state index contributed by atoms with van der Waals surface area (Å²) in [5.41, 5.74) is 5.50. The number of rotatable bonds is 8. The molecule has 4 aromatic rings. The summed E-state index contributed by atoms with van der Waals surface area (Å²) >= 11 is 0. The highest BCUT2D eigenvalue weighted by molar-refractivity contribution is 6.09. The molecule has 5 rings (SSSR count). The van der Waals surface area contributed by atoms with Crippen molar-refractivity contribution in [3.8, 4) is 11.5 Å². The number of aryl methyl sites for hydroxylation is 1. The molecule has 0 saturated carbocycles. The van der Waals surface area contributed by atoms with Crippen LogP contribution in [0.2, 0.25) is 0 Å². The fourth-order valence-electron chi connectivity index (χ4n) is 5.09. The molecule has 0 radical (unpaired) electrons. The molecule has 1 aliphatic rings. The van der Waals surface area contributed by atoms with Crippen LogP contribution in [-0.2, 0) is 28.0 Å². The summed E-state index contributed by atoms with van der Waals surface area (Å²) in [6.07, 6.45) is -5.75. The minimum atomic E-state index is -5.72. The first-order chi connectivity index (χ1) is 20.0. The minimum absolute atomic E-state index is 0.0219. The fourth-order valence-corrected chi connectivity index (χ4v) is 5.09. The maximum Gasteiger partial charge on any atom is 0.453 e. The lowest BCUT2D eigenvalue weighted by atomic mass is 9.76. The van der Waals surface area contributed by atoms with Gasteiger partial charge in [0.1, 0.15) is 22.7 Å². The molecule has 4 heterocycles. The van der Waals surface area contributed by atoms with E-state index in [0.29, 0.717) is 11.1 Å². The second kappa shape index (κ2) is 9.95. The third-order valence-electron chi connectivity index (χ3n) is 7.62.